The Bertz CT molecular complexity index is 1160. The first kappa shape index (κ1) is 29.5. The molecular formula is C40H66N6. The molecule has 2 saturated carbocycles. The highest BCUT2D eigenvalue weighted by atomic mass is 15.4. The van der Waals surface area contributed by atoms with E-state index in [0.29, 0.717) is 23.0 Å². The van der Waals surface area contributed by atoms with Crippen LogP contribution < -0.4 is 16.0 Å². The number of nitrogens with one attached hydrogen (secondary N) is 3. The molecule has 0 radical (unpaired) electrons. The lowest BCUT2D eigenvalue weighted by atomic mass is 9.48. The molecule has 15 unspecified atom stereocenters. The van der Waals surface area contributed by atoms with Gasteiger partial charge < -0.3 is 10.6 Å². The summed E-state index contributed by atoms with van der Waals surface area (Å²) in [5.41, 5.74) is 0.928. The Balaban J connectivity index is 0.925. The SMILES string of the molecule is C1CNC2C(C1)CC1CC2(C2CCCC(C3CCC4NC3C35CC(CC6CCCN4C63)C3CCCCN3C5)N2)CN2CCCCC12. The van der Waals surface area contributed by atoms with Crippen molar-refractivity contribution < 1.29 is 0 Å². The van der Waals surface area contributed by atoms with Gasteiger partial charge in [-0.2, -0.15) is 0 Å². The summed E-state index contributed by atoms with van der Waals surface area (Å²) in [6.45, 7) is 8.21. The monoisotopic (exact) mass is 631 g/mol. The van der Waals surface area contributed by atoms with E-state index in [1.54, 1.807) is 12.8 Å². The summed E-state index contributed by atoms with van der Waals surface area (Å²) < 4.78 is 0. The van der Waals surface area contributed by atoms with Crippen LogP contribution >= 0.6 is 0 Å². The minimum atomic E-state index is 0.447. The van der Waals surface area contributed by atoms with Crippen LogP contribution in [0.2, 0.25) is 0 Å². The van der Waals surface area contributed by atoms with E-state index in [1.165, 1.54) is 148 Å². The molecule has 0 aromatic carbocycles. The van der Waals surface area contributed by atoms with Gasteiger partial charge in [0.1, 0.15) is 0 Å². The van der Waals surface area contributed by atoms with Crippen molar-refractivity contribution in [2.24, 2.45) is 40.4 Å². The largest absolute Gasteiger partial charge is 0.313 e. The Labute approximate surface area is 280 Å². The lowest BCUT2D eigenvalue weighted by Crippen LogP contribution is -2.82. The highest BCUT2D eigenvalue weighted by Crippen LogP contribution is 2.61. The van der Waals surface area contributed by atoms with E-state index in [-0.39, 0.29) is 0 Å². The fourth-order valence-corrected chi connectivity index (χ4v) is 16.6. The number of piperidine rings is 8. The molecule has 6 heteroatoms. The molecule has 0 amide bonds. The molecule has 11 fully saturated rings. The highest BCUT2D eigenvalue weighted by Gasteiger charge is 2.67. The zero-order chi connectivity index (χ0) is 30.0. The Morgan fingerprint density at radius 1 is 0.543 bits per heavy atom. The summed E-state index contributed by atoms with van der Waals surface area (Å²) in [6, 6.07) is 5.58. The van der Waals surface area contributed by atoms with Gasteiger partial charge in [-0.05, 0) is 159 Å². The van der Waals surface area contributed by atoms with Crippen LogP contribution in [0, 0.1) is 40.4 Å². The minimum absolute atomic E-state index is 0.447. The van der Waals surface area contributed by atoms with Crippen molar-refractivity contribution in [2.75, 3.05) is 39.3 Å². The molecule has 9 saturated heterocycles. The van der Waals surface area contributed by atoms with E-state index in [9.17, 15) is 0 Å². The molecule has 46 heavy (non-hydrogen) atoms. The molecule has 3 N–H and O–H groups in total. The summed E-state index contributed by atoms with van der Waals surface area (Å²) in [5, 5.41) is 13.5. The van der Waals surface area contributed by atoms with Gasteiger partial charge in [-0.1, -0.05) is 19.3 Å². The minimum Gasteiger partial charge on any atom is -0.313 e. The normalized spacial score (nSPS) is 57.0. The van der Waals surface area contributed by atoms with Crippen LogP contribution in [-0.4, -0.2) is 102 Å². The molecule has 15 atom stereocenters. The average Bonchev–Trinajstić information content (AvgIpc) is 3.11. The van der Waals surface area contributed by atoms with Crippen molar-refractivity contribution in [3.05, 3.63) is 0 Å². The molecule has 9 aliphatic heterocycles. The summed E-state index contributed by atoms with van der Waals surface area (Å²) in [7, 11) is 0. The smallest absolute Gasteiger partial charge is 0.0602 e. The molecule has 1 spiro atoms. The molecule has 6 bridgehead atoms. The molecular weight excluding hydrogens is 564 g/mol. The van der Waals surface area contributed by atoms with Crippen LogP contribution in [-0.2, 0) is 0 Å². The van der Waals surface area contributed by atoms with E-state index in [1.807, 2.05) is 0 Å². The second kappa shape index (κ2) is 11.1. The molecule has 11 aliphatic rings. The van der Waals surface area contributed by atoms with Gasteiger partial charge in [-0.15, -0.1) is 0 Å². The van der Waals surface area contributed by atoms with Crippen molar-refractivity contribution in [1.29, 1.82) is 0 Å². The van der Waals surface area contributed by atoms with Gasteiger partial charge in [-0.3, -0.25) is 20.0 Å². The Kier molecular flexibility index (Phi) is 7.13. The van der Waals surface area contributed by atoms with Gasteiger partial charge in [0.2, 0.25) is 0 Å². The Morgan fingerprint density at radius 2 is 1.30 bits per heavy atom. The van der Waals surface area contributed by atoms with E-state index in [0.717, 1.165) is 65.8 Å². The number of hydrogen-bond acceptors (Lipinski definition) is 6. The molecule has 11 rings (SSSR count). The van der Waals surface area contributed by atoms with E-state index in [4.69, 9.17) is 5.32 Å². The van der Waals surface area contributed by atoms with E-state index < -0.39 is 0 Å². The van der Waals surface area contributed by atoms with Gasteiger partial charge in [-0.25, -0.2) is 0 Å². The third-order valence-corrected chi connectivity index (χ3v) is 17.7. The summed E-state index contributed by atoms with van der Waals surface area (Å²) in [4.78, 5) is 9.23. The standard InChI is InChI=1S/C40H66N6/c1-3-17-44-24-39(22-28(32(44)11-1)20-26-8-6-16-41-36(26)39)34-13-5-10-31(42-34)30-14-15-35-43-37(30)40-23-29(33-12-2-4-18-45(33)25-40)21-27-9-7-19-46(35)38(27)40/h26-38,41-43H,1-25H2. The quantitative estimate of drug-likeness (QED) is 0.391. The van der Waals surface area contributed by atoms with Crippen molar-refractivity contribution in [3.8, 4) is 0 Å². The number of nitrogens with zero attached hydrogens (tertiary/aromatic N) is 3. The summed E-state index contributed by atoms with van der Waals surface area (Å²) in [5.74, 6) is 4.65. The first-order valence-corrected chi connectivity index (χ1v) is 21.2. The van der Waals surface area contributed by atoms with Crippen LogP contribution in [0.15, 0.2) is 0 Å². The van der Waals surface area contributed by atoms with Crippen LogP contribution in [0.25, 0.3) is 0 Å². The zero-order valence-corrected chi connectivity index (χ0v) is 29.0. The van der Waals surface area contributed by atoms with Gasteiger partial charge in [0.15, 0.2) is 0 Å². The van der Waals surface area contributed by atoms with Gasteiger partial charge >= 0.3 is 0 Å². The van der Waals surface area contributed by atoms with Gasteiger partial charge in [0, 0.05) is 66.2 Å². The maximum absolute atomic E-state index is 4.71. The van der Waals surface area contributed by atoms with E-state index >= 15 is 0 Å². The first-order chi connectivity index (χ1) is 22.7. The number of rotatable bonds is 2. The second-order valence-electron chi connectivity index (χ2n) is 19.5. The highest BCUT2D eigenvalue weighted by molar-refractivity contribution is 5.21. The third-order valence-electron chi connectivity index (χ3n) is 17.7. The topological polar surface area (TPSA) is 45.8 Å². The maximum atomic E-state index is 4.71. The Hall–Kier alpha value is -0.240. The average molecular weight is 631 g/mol. The molecule has 0 aromatic rings. The van der Waals surface area contributed by atoms with Crippen molar-refractivity contribution in [3.63, 3.8) is 0 Å². The fourth-order valence-electron chi connectivity index (χ4n) is 16.6. The van der Waals surface area contributed by atoms with Crippen molar-refractivity contribution in [1.82, 2.24) is 30.7 Å². The predicted octanol–water partition coefficient (Wildman–Crippen LogP) is 5.18. The third kappa shape index (κ3) is 4.22. The lowest BCUT2D eigenvalue weighted by Gasteiger charge is -2.72. The Morgan fingerprint density at radius 3 is 2.15 bits per heavy atom. The van der Waals surface area contributed by atoms with Gasteiger partial charge in [0.05, 0.1) is 6.17 Å². The summed E-state index contributed by atoms with van der Waals surface area (Å²) in [6.07, 6.45) is 28.7. The molecule has 6 nitrogen and oxygen atoms in total. The predicted molar refractivity (Wildman–Crippen MR) is 184 cm³/mol. The molecule has 9 heterocycles. The molecule has 256 valence electrons. The number of hydrogen-bond donors (Lipinski definition) is 3. The van der Waals surface area contributed by atoms with Crippen LogP contribution in [0.3, 0.4) is 0 Å². The van der Waals surface area contributed by atoms with Crippen molar-refractivity contribution >= 4 is 0 Å². The number of fused-ring (bicyclic) bond motifs is 12. The maximum Gasteiger partial charge on any atom is 0.0602 e. The van der Waals surface area contributed by atoms with E-state index in [2.05, 4.69) is 25.3 Å². The lowest BCUT2D eigenvalue weighted by molar-refractivity contribution is -0.212. The zero-order valence-electron chi connectivity index (χ0n) is 29.0. The van der Waals surface area contributed by atoms with Crippen LogP contribution in [0.5, 0.6) is 0 Å². The molecule has 2 aliphatic carbocycles. The van der Waals surface area contributed by atoms with Crippen LogP contribution in [0.1, 0.15) is 122 Å². The summed E-state index contributed by atoms with van der Waals surface area (Å²) >= 11 is 0. The molecule has 0 aromatic heterocycles. The van der Waals surface area contributed by atoms with Crippen molar-refractivity contribution in [2.45, 2.75) is 170 Å². The first-order valence-electron chi connectivity index (χ1n) is 21.2. The van der Waals surface area contributed by atoms with Gasteiger partial charge in [0.25, 0.3) is 0 Å². The van der Waals surface area contributed by atoms with Crippen LogP contribution in [0.4, 0.5) is 0 Å². The fraction of sp³-hybridized carbons (Fsp3) is 1.00. The second-order valence-corrected chi connectivity index (χ2v) is 19.5.